The van der Waals surface area contributed by atoms with Crippen molar-refractivity contribution in [1.29, 1.82) is 0 Å². The van der Waals surface area contributed by atoms with E-state index in [0.717, 1.165) is 48.3 Å². The molecular weight excluding hydrogens is 408 g/mol. The van der Waals surface area contributed by atoms with Gasteiger partial charge in [0, 0.05) is 26.4 Å². The minimum Gasteiger partial charge on any atom is -0.460 e. The molecule has 0 N–H and O–H groups in total. The van der Waals surface area contributed by atoms with Crippen LogP contribution in [-0.2, 0) is 5.41 Å². The Labute approximate surface area is 182 Å². The van der Waals surface area contributed by atoms with Crippen molar-refractivity contribution in [2.24, 2.45) is 0 Å². The summed E-state index contributed by atoms with van der Waals surface area (Å²) in [6.45, 7) is 8.82. The van der Waals surface area contributed by atoms with Gasteiger partial charge in [-0.15, -0.1) is 22.7 Å². The lowest BCUT2D eigenvalue weighted by Gasteiger charge is -2.21. The third-order valence-corrected chi connectivity index (χ3v) is 7.75. The molecule has 148 valence electrons. The van der Waals surface area contributed by atoms with Crippen LogP contribution in [0, 0.1) is 6.92 Å². The molecule has 5 heteroatoms. The Morgan fingerprint density at radius 3 is 2.63 bits per heavy atom. The Bertz CT molecular complexity index is 1590. The molecule has 0 unspecified atom stereocenters. The van der Waals surface area contributed by atoms with Crippen LogP contribution in [0.25, 0.3) is 52.6 Å². The highest BCUT2D eigenvalue weighted by atomic mass is 32.1. The molecule has 30 heavy (non-hydrogen) atoms. The van der Waals surface area contributed by atoms with E-state index in [1.807, 2.05) is 18.3 Å². The molecule has 0 aliphatic heterocycles. The number of benzene rings is 2. The maximum atomic E-state index is 6.03. The normalized spacial score (nSPS) is 12.7. The predicted molar refractivity (Wildman–Crippen MR) is 129 cm³/mol. The van der Waals surface area contributed by atoms with E-state index in [1.165, 1.54) is 15.6 Å². The topological polar surface area (TPSA) is 38.9 Å². The summed E-state index contributed by atoms with van der Waals surface area (Å²) in [4.78, 5) is 10.4. The average molecular weight is 429 g/mol. The van der Waals surface area contributed by atoms with Gasteiger partial charge in [-0.2, -0.15) is 0 Å². The Hall–Kier alpha value is -2.76. The van der Waals surface area contributed by atoms with Crippen molar-refractivity contribution in [3.05, 3.63) is 59.4 Å². The van der Waals surface area contributed by atoms with E-state index in [1.54, 1.807) is 17.7 Å². The molecule has 4 heterocycles. The fourth-order valence-corrected chi connectivity index (χ4v) is 6.53. The lowest BCUT2D eigenvalue weighted by atomic mass is 9.85. The number of furan rings is 1. The molecule has 6 aromatic rings. The molecule has 0 amide bonds. The smallest absolute Gasteiger partial charge is 0.152 e. The van der Waals surface area contributed by atoms with Crippen molar-refractivity contribution in [3.63, 3.8) is 0 Å². The first-order chi connectivity index (χ1) is 14.4. The van der Waals surface area contributed by atoms with Gasteiger partial charge in [0.1, 0.15) is 16.9 Å². The van der Waals surface area contributed by atoms with E-state index in [-0.39, 0.29) is 5.41 Å². The Balaban J connectivity index is 1.72. The summed E-state index contributed by atoms with van der Waals surface area (Å²) in [5.41, 5.74) is 4.50. The SMILES string of the molecule is Cc1cc2ccc3c(sc4ncnc(-c5cc(C(C)(C)C)c6sccc6c5)c43)c2o1. The van der Waals surface area contributed by atoms with Gasteiger partial charge < -0.3 is 4.42 Å². The number of aryl methyl sites for hydroxylation is 1. The summed E-state index contributed by atoms with van der Waals surface area (Å²) in [7, 11) is 0. The van der Waals surface area contributed by atoms with Crippen LogP contribution < -0.4 is 0 Å². The number of hydrogen-bond donors (Lipinski definition) is 0. The predicted octanol–water partition coefficient (Wildman–Crippen LogP) is 8.08. The van der Waals surface area contributed by atoms with Gasteiger partial charge in [-0.05, 0) is 52.9 Å². The second-order valence-corrected chi connectivity index (χ2v) is 10.8. The number of hydrogen-bond acceptors (Lipinski definition) is 5. The van der Waals surface area contributed by atoms with E-state index >= 15 is 0 Å². The van der Waals surface area contributed by atoms with E-state index < -0.39 is 0 Å². The van der Waals surface area contributed by atoms with Gasteiger partial charge in [-0.1, -0.05) is 32.9 Å². The number of fused-ring (bicyclic) bond motifs is 6. The van der Waals surface area contributed by atoms with Gasteiger partial charge in [0.25, 0.3) is 0 Å². The highest BCUT2D eigenvalue weighted by Gasteiger charge is 2.22. The van der Waals surface area contributed by atoms with E-state index in [9.17, 15) is 0 Å². The fraction of sp³-hybridized carbons (Fsp3) is 0.200. The first-order valence-electron chi connectivity index (χ1n) is 9.98. The molecule has 0 spiro atoms. The quantitative estimate of drug-likeness (QED) is 0.266. The molecule has 4 aromatic heterocycles. The van der Waals surface area contributed by atoms with E-state index in [0.29, 0.717) is 0 Å². The first-order valence-corrected chi connectivity index (χ1v) is 11.7. The van der Waals surface area contributed by atoms with Crippen LogP contribution in [-0.4, -0.2) is 9.97 Å². The van der Waals surface area contributed by atoms with Crippen LogP contribution >= 0.6 is 22.7 Å². The van der Waals surface area contributed by atoms with Crippen LogP contribution in [0.1, 0.15) is 32.1 Å². The summed E-state index contributed by atoms with van der Waals surface area (Å²) >= 11 is 3.50. The second kappa shape index (κ2) is 6.13. The van der Waals surface area contributed by atoms with Crippen molar-refractivity contribution in [2.75, 3.05) is 0 Å². The molecule has 0 bridgehead atoms. The van der Waals surface area contributed by atoms with E-state index in [4.69, 9.17) is 9.40 Å². The van der Waals surface area contributed by atoms with Gasteiger partial charge in [0.15, 0.2) is 5.58 Å². The molecule has 3 nitrogen and oxygen atoms in total. The Kier molecular flexibility index (Phi) is 3.68. The monoisotopic (exact) mass is 428 g/mol. The summed E-state index contributed by atoms with van der Waals surface area (Å²) in [5, 5.41) is 6.86. The number of aromatic nitrogens is 2. The van der Waals surface area contributed by atoms with Crippen molar-refractivity contribution in [2.45, 2.75) is 33.1 Å². The minimum atomic E-state index is 0.0554. The number of thiophene rings is 2. The highest BCUT2D eigenvalue weighted by molar-refractivity contribution is 7.26. The van der Waals surface area contributed by atoms with Crippen molar-refractivity contribution < 1.29 is 4.42 Å². The van der Waals surface area contributed by atoms with Crippen LogP contribution in [0.5, 0.6) is 0 Å². The average Bonchev–Trinajstić information content (AvgIpc) is 3.40. The van der Waals surface area contributed by atoms with Gasteiger partial charge in [-0.3, -0.25) is 0 Å². The molecular formula is C25H20N2OS2. The summed E-state index contributed by atoms with van der Waals surface area (Å²) < 4.78 is 8.54. The first kappa shape index (κ1) is 18.0. The van der Waals surface area contributed by atoms with Crippen LogP contribution in [0.3, 0.4) is 0 Å². The molecule has 2 aromatic carbocycles. The second-order valence-electron chi connectivity index (χ2n) is 8.83. The fourth-order valence-electron chi connectivity index (χ4n) is 4.29. The number of nitrogens with zero attached hydrogens (tertiary/aromatic N) is 2. The highest BCUT2D eigenvalue weighted by Crippen LogP contribution is 2.43. The molecule has 0 aliphatic carbocycles. The lowest BCUT2D eigenvalue weighted by molar-refractivity contribution is 0.582. The van der Waals surface area contributed by atoms with E-state index in [2.05, 4.69) is 67.5 Å². The molecule has 6 rings (SSSR count). The van der Waals surface area contributed by atoms with Crippen LogP contribution in [0.15, 0.2) is 52.5 Å². The zero-order chi connectivity index (χ0) is 20.6. The summed E-state index contributed by atoms with van der Waals surface area (Å²) in [6.07, 6.45) is 1.69. The van der Waals surface area contributed by atoms with Gasteiger partial charge in [0.05, 0.1) is 10.4 Å². The van der Waals surface area contributed by atoms with Gasteiger partial charge in [-0.25, -0.2) is 9.97 Å². The molecule has 0 aliphatic rings. The largest absolute Gasteiger partial charge is 0.460 e. The third-order valence-electron chi connectivity index (χ3n) is 5.68. The maximum absolute atomic E-state index is 6.03. The van der Waals surface area contributed by atoms with Crippen molar-refractivity contribution in [3.8, 4) is 11.3 Å². The molecule has 0 fully saturated rings. The number of rotatable bonds is 1. The zero-order valence-electron chi connectivity index (χ0n) is 17.2. The molecule has 0 radical (unpaired) electrons. The van der Waals surface area contributed by atoms with Crippen LogP contribution in [0.4, 0.5) is 0 Å². The van der Waals surface area contributed by atoms with Crippen molar-refractivity contribution in [1.82, 2.24) is 9.97 Å². The molecule has 0 atom stereocenters. The Morgan fingerprint density at radius 1 is 0.933 bits per heavy atom. The van der Waals surface area contributed by atoms with Gasteiger partial charge in [0.2, 0.25) is 0 Å². The summed E-state index contributed by atoms with van der Waals surface area (Å²) in [5.74, 6) is 0.930. The zero-order valence-corrected chi connectivity index (χ0v) is 18.9. The molecule has 0 saturated carbocycles. The van der Waals surface area contributed by atoms with Gasteiger partial charge >= 0.3 is 0 Å². The standard InChI is InChI=1S/C25H20N2OS2/c1-13-9-14-5-6-17-19-20(26-12-27-24(19)30-23(17)21(14)28-13)16-10-15-7-8-29-22(15)18(11-16)25(2,3)4/h5-12H,1-4H3. The minimum absolute atomic E-state index is 0.0554. The van der Waals surface area contributed by atoms with Crippen LogP contribution in [0.2, 0.25) is 0 Å². The molecule has 0 saturated heterocycles. The maximum Gasteiger partial charge on any atom is 0.152 e. The summed E-state index contributed by atoms with van der Waals surface area (Å²) in [6, 6.07) is 13.2. The third kappa shape index (κ3) is 2.55. The Morgan fingerprint density at radius 2 is 1.80 bits per heavy atom. The lowest BCUT2D eigenvalue weighted by Crippen LogP contribution is -2.11. The van der Waals surface area contributed by atoms with Crippen molar-refractivity contribution >= 4 is 64.0 Å².